The molecular weight excluding hydrogens is 390 g/mol. The minimum atomic E-state index is -0.387. The summed E-state index contributed by atoms with van der Waals surface area (Å²) in [4.78, 5) is 29.8. The molecule has 2 N–H and O–H groups in total. The van der Waals surface area contributed by atoms with Gasteiger partial charge >= 0.3 is 0 Å². The summed E-state index contributed by atoms with van der Waals surface area (Å²) in [5, 5.41) is 4.81. The molecule has 0 aliphatic rings. The maximum atomic E-state index is 12.9. The Balaban J connectivity index is 1.51. The van der Waals surface area contributed by atoms with E-state index < -0.39 is 0 Å². The molecule has 0 fully saturated rings. The molecule has 4 rings (SSSR count). The van der Waals surface area contributed by atoms with Crippen molar-refractivity contribution < 1.29 is 9.59 Å². The molecule has 7 nitrogen and oxygen atoms in total. The lowest BCUT2D eigenvalue weighted by Gasteiger charge is -2.11. The number of para-hydroxylation sites is 1. The van der Waals surface area contributed by atoms with Crippen LogP contribution in [-0.4, -0.2) is 26.6 Å². The van der Waals surface area contributed by atoms with E-state index >= 15 is 0 Å². The molecule has 0 radical (unpaired) electrons. The zero-order valence-corrected chi connectivity index (χ0v) is 17.4. The number of aryl methyl sites for hydroxylation is 3. The Morgan fingerprint density at radius 2 is 1.81 bits per heavy atom. The van der Waals surface area contributed by atoms with Crippen LogP contribution in [-0.2, 0) is 18.3 Å². The van der Waals surface area contributed by atoms with Crippen molar-refractivity contribution in [3.63, 3.8) is 0 Å². The van der Waals surface area contributed by atoms with Crippen LogP contribution in [0, 0.1) is 6.92 Å². The van der Waals surface area contributed by atoms with Crippen LogP contribution < -0.4 is 10.9 Å². The number of aromatic nitrogens is 3. The molecule has 0 atom stereocenters. The fraction of sp³-hybridized carbons (Fsp3) is 0.167. The molecule has 0 aliphatic heterocycles. The van der Waals surface area contributed by atoms with E-state index in [0.717, 1.165) is 22.1 Å². The van der Waals surface area contributed by atoms with Crippen molar-refractivity contribution in [3.8, 4) is 11.3 Å². The predicted octanol–water partition coefficient (Wildman–Crippen LogP) is 3.34. The number of pyridine rings is 1. The smallest absolute Gasteiger partial charge is 0.270 e. The molecule has 0 saturated carbocycles. The second kappa shape index (κ2) is 8.79. The standard InChI is InChI=1S/C24H23N5O2/c1-16-7-10-18(11-8-16)22-13-20(19-5-3-4-6-21(19)26-22)24(31)28-27-23(30)12-9-17-14-25-29(2)15-17/h3-8,10-11,13-15H,9,12H2,1-2H3,(H,27,30)(H,28,31). The van der Waals surface area contributed by atoms with Crippen molar-refractivity contribution in [2.75, 3.05) is 0 Å². The van der Waals surface area contributed by atoms with Crippen molar-refractivity contribution in [2.45, 2.75) is 19.8 Å². The van der Waals surface area contributed by atoms with Gasteiger partial charge in [0.05, 0.1) is 23.0 Å². The Kier molecular flexibility index (Phi) is 5.75. The van der Waals surface area contributed by atoms with Crippen LogP contribution in [0.1, 0.15) is 27.9 Å². The van der Waals surface area contributed by atoms with E-state index in [2.05, 4.69) is 16.0 Å². The largest absolute Gasteiger partial charge is 0.276 e. The molecule has 0 aliphatic carbocycles. The average molecular weight is 413 g/mol. The van der Waals surface area contributed by atoms with E-state index in [-0.39, 0.29) is 18.2 Å². The average Bonchev–Trinajstić information content (AvgIpc) is 3.21. The molecule has 0 bridgehead atoms. The molecule has 2 aromatic carbocycles. The van der Waals surface area contributed by atoms with Gasteiger partial charge in [-0.25, -0.2) is 4.98 Å². The van der Waals surface area contributed by atoms with Crippen LogP contribution in [0.25, 0.3) is 22.2 Å². The maximum Gasteiger partial charge on any atom is 0.270 e. The third-order valence-electron chi connectivity index (χ3n) is 5.02. The van der Waals surface area contributed by atoms with Gasteiger partial charge in [-0.3, -0.25) is 25.1 Å². The molecule has 2 aromatic heterocycles. The number of benzene rings is 2. The number of amides is 2. The first kappa shape index (κ1) is 20.3. The molecule has 7 heteroatoms. The predicted molar refractivity (Wildman–Crippen MR) is 119 cm³/mol. The lowest BCUT2D eigenvalue weighted by atomic mass is 10.0. The minimum absolute atomic E-state index is 0.248. The van der Waals surface area contributed by atoms with E-state index in [9.17, 15) is 9.59 Å². The van der Waals surface area contributed by atoms with E-state index in [1.54, 1.807) is 16.9 Å². The van der Waals surface area contributed by atoms with E-state index in [0.29, 0.717) is 23.2 Å². The van der Waals surface area contributed by atoms with Gasteiger partial charge in [-0.1, -0.05) is 48.0 Å². The molecule has 0 spiro atoms. The Morgan fingerprint density at radius 1 is 1.03 bits per heavy atom. The molecule has 31 heavy (non-hydrogen) atoms. The topological polar surface area (TPSA) is 88.9 Å². The SMILES string of the molecule is Cc1ccc(-c2cc(C(=O)NNC(=O)CCc3cnn(C)c3)c3ccccc3n2)cc1. The molecule has 0 saturated heterocycles. The third kappa shape index (κ3) is 4.78. The van der Waals surface area contributed by atoms with Crippen molar-refractivity contribution in [1.82, 2.24) is 25.6 Å². The highest BCUT2D eigenvalue weighted by Gasteiger charge is 2.15. The van der Waals surface area contributed by atoms with Gasteiger partial charge < -0.3 is 0 Å². The van der Waals surface area contributed by atoms with Crippen LogP contribution in [0.3, 0.4) is 0 Å². The number of carbonyl (C=O) groups excluding carboxylic acids is 2. The zero-order chi connectivity index (χ0) is 21.8. The maximum absolute atomic E-state index is 12.9. The first-order chi connectivity index (χ1) is 15.0. The number of hydrogen-bond acceptors (Lipinski definition) is 4. The van der Waals surface area contributed by atoms with Gasteiger partial charge in [0.25, 0.3) is 5.91 Å². The summed E-state index contributed by atoms with van der Waals surface area (Å²) in [6, 6.07) is 17.2. The van der Waals surface area contributed by atoms with Gasteiger partial charge in [0.1, 0.15) is 0 Å². The fourth-order valence-electron chi connectivity index (χ4n) is 3.35. The molecular formula is C24H23N5O2. The van der Waals surface area contributed by atoms with Crippen molar-refractivity contribution in [2.24, 2.45) is 7.05 Å². The van der Waals surface area contributed by atoms with Gasteiger partial charge in [0.2, 0.25) is 5.91 Å². The van der Waals surface area contributed by atoms with Gasteiger partial charge in [-0.05, 0) is 31.0 Å². The summed E-state index contributed by atoms with van der Waals surface area (Å²) >= 11 is 0. The quantitative estimate of drug-likeness (QED) is 0.491. The van der Waals surface area contributed by atoms with Gasteiger partial charge in [0, 0.05) is 30.6 Å². The highest BCUT2D eigenvalue weighted by atomic mass is 16.2. The Labute approximate surface area is 180 Å². The highest BCUT2D eigenvalue weighted by molar-refractivity contribution is 6.07. The summed E-state index contributed by atoms with van der Waals surface area (Å²) in [5.74, 6) is -0.656. The first-order valence-electron chi connectivity index (χ1n) is 10.0. The van der Waals surface area contributed by atoms with Crippen LogP contribution in [0.5, 0.6) is 0 Å². The molecule has 4 aromatic rings. The number of carbonyl (C=O) groups is 2. The highest BCUT2D eigenvalue weighted by Crippen LogP contribution is 2.25. The molecule has 2 heterocycles. The van der Waals surface area contributed by atoms with Crippen molar-refractivity contribution >= 4 is 22.7 Å². The van der Waals surface area contributed by atoms with E-state index in [1.807, 2.05) is 68.7 Å². The lowest BCUT2D eigenvalue weighted by Crippen LogP contribution is -2.41. The second-order valence-corrected chi connectivity index (χ2v) is 7.46. The van der Waals surface area contributed by atoms with Crippen LogP contribution in [0.4, 0.5) is 0 Å². The van der Waals surface area contributed by atoms with Crippen LogP contribution in [0.2, 0.25) is 0 Å². The van der Waals surface area contributed by atoms with Gasteiger partial charge in [0.15, 0.2) is 0 Å². The number of rotatable bonds is 5. The van der Waals surface area contributed by atoms with Gasteiger partial charge in [-0.2, -0.15) is 5.10 Å². The minimum Gasteiger partial charge on any atom is -0.276 e. The molecule has 156 valence electrons. The van der Waals surface area contributed by atoms with Gasteiger partial charge in [-0.15, -0.1) is 0 Å². The van der Waals surface area contributed by atoms with Crippen molar-refractivity contribution in [3.05, 3.63) is 83.7 Å². The normalized spacial score (nSPS) is 10.8. The number of fused-ring (bicyclic) bond motifs is 1. The van der Waals surface area contributed by atoms with E-state index in [1.165, 1.54) is 0 Å². The Hall–Kier alpha value is -4.00. The Bertz CT molecular complexity index is 1240. The van der Waals surface area contributed by atoms with Crippen LogP contribution >= 0.6 is 0 Å². The van der Waals surface area contributed by atoms with E-state index in [4.69, 9.17) is 4.98 Å². The summed E-state index contributed by atoms with van der Waals surface area (Å²) in [6.45, 7) is 2.02. The third-order valence-corrected chi connectivity index (χ3v) is 5.02. The lowest BCUT2D eigenvalue weighted by molar-refractivity contribution is -0.121. The summed E-state index contributed by atoms with van der Waals surface area (Å²) in [5.41, 5.74) is 9.94. The first-order valence-corrected chi connectivity index (χ1v) is 10.0. The monoisotopic (exact) mass is 413 g/mol. The molecule has 0 unspecified atom stereocenters. The number of nitrogens with zero attached hydrogens (tertiary/aromatic N) is 3. The summed E-state index contributed by atoms with van der Waals surface area (Å²) in [7, 11) is 1.83. The summed E-state index contributed by atoms with van der Waals surface area (Å²) < 4.78 is 1.69. The zero-order valence-electron chi connectivity index (χ0n) is 17.4. The Morgan fingerprint density at radius 3 is 2.55 bits per heavy atom. The van der Waals surface area contributed by atoms with Crippen molar-refractivity contribution in [1.29, 1.82) is 0 Å². The fourth-order valence-corrected chi connectivity index (χ4v) is 3.35. The second-order valence-electron chi connectivity index (χ2n) is 7.46. The summed E-state index contributed by atoms with van der Waals surface area (Å²) in [6.07, 6.45) is 4.38. The van der Waals surface area contributed by atoms with Crippen LogP contribution in [0.15, 0.2) is 67.0 Å². The molecule has 2 amide bonds. The number of nitrogens with one attached hydrogen (secondary N) is 2. The number of hydrazine groups is 1. The number of hydrogen-bond donors (Lipinski definition) is 2.